The number of likely N-dealkylation sites (N-methyl/N-ethyl adjacent to an activating group) is 1. The average molecular weight is 492 g/mol. The number of aromatic nitrogens is 2. The van der Waals surface area contributed by atoms with Gasteiger partial charge in [0.05, 0.1) is 23.8 Å². The molecular formula is C28H37N5O3. The Bertz CT molecular complexity index is 1300. The Hall–Kier alpha value is -3.26. The number of para-hydroxylation sites is 1. The Labute approximate surface area is 212 Å². The third-order valence-corrected chi connectivity index (χ3v) is 8.07. The summed E-state index contributed by atoms with van der Waals surface area (Å²) in [5, 5.41) is 3.05. The molecule has 1 saturated heterocycles. The second-order valence-corrected chi connectivity index (χ2v) is 10.5. The molecule has 1 atom stereocenters. The number of methoxy groups -OCH3 is 1. The van der Waals surface area contributed by atoms with Crippen LogP contribution in [0.4, 0.5) is 11.4 Å². The molecule has 2 N–H and O–H groups in total. The Morgan fingerprint density at radius 2 is 1.89 bits per heavy atom. The fraction of sp³-hybridized carbons (Fsp3) is 0.500. The monoisotopic (exact) mass is 491 g/mol. The first-order chi connectivity index (χ1) is 17.4. The van der Waals surface area contributed by atoms with Crippen LogP contribution in [0.3, 0.4) is 0 Å². The molecular weight excluding hydrogens is 454 g/mol. The van der Waals surface area contributed by atoms with E-state index in [1.807, 2.05) is 35.8 Å². The summed E-state index contributed by atoms with van der Waals surface area (Å²) in [5.41, 5.74) is 4.73. The van der Waals surface area contributed by atoms with Crippen molar-refractivity contribution >= 4 is 28.3 Å². The van der Waals surface area contributed by atoms with Crippen molar-refractivity contribution in [3.8, 4) is 5.75 Å². The van der Waals surface area contributed by atoms with E-state index in [9.17, 15) is 9.59 Å². The molecule has 2 aliphatic rings. The van der Waals surface area contributed by atoms with Crippen molar-refractivity contribution < 1.29 is 9.53 Å². The SMILES string of the molecule is COc1cc(NC(=O)[C@H]2CC[C@@H](n3c(=O)[nH]c4c(N5CC[C@@H](N(C)C)C5)cccc43)CC2)ccc1C. The molecule has 5 rings (SSSR count). The Morgan fingerprint density at radius 3 is 2.58 bits per heavy atom. The van der Waals surface area contributed by atoms with Gasteiger partial charge in [-0.15, -0.1) is 0 Å². The predicted octanol–water partition coefficient (Wildman–Crippen LogP) is 4.16. The van der Waals surface area contributed by atoms with Gasteiger partial charge in [0.15, 0.2) is 0 Å². The molecule has 1 saturated carbocycles. The van der Waals surface area contributed by atoms with Crippen LogP contribution in [-0.4, -0.2) is 60.7 Å². The quantitative estimate of drug-likeness (QED) is 0.541. The fourth-order valence-corrected chi connectivity index (χ4v) is 5.88. The van der Waals surface area contributed by atoms with Crippen molar-refractivity contribution in [2.24, 2.45) is 5.92 Å². The van der Waals surface area contributed by atoms with Gasteiger partial charge in [-0.25, -0.2) is 4.79 Å². The molecule has 2 fully saturated rings. The maximum Gasteiger partial charge on any atom is 0.326 e. The lowest BCUT2D eigenvalue weighted by atomic mass is 9.85. The largest absolute Gasteiger partial charge is 0.496 e. The zero-order valence-electron chi connectivity index (χ0n) is 21.7. The molecule has 0 spiro atoms. The smallest absolute Gasteiger partial charge is 0.326 e. The molecule has 0 unspecified atom stereocenters. The van der Waals surface area contributed by atoms with Crippen LogP contribution in [0.2, 0.25) is 0 Å². The molecule has 1 aromatic heterocycles. The van der Waals surface area contributed by atoms with Crippen molar-refractivity contribution in [3.05, 3.63) is 52.4 Å². The standard InChI is InChI=1S/C28H37N5O3/c1-18-8-11-20(16-25(18)36-4)29-27(34)19-9-12-21(13-10-19)33-24-7-5-6-23(26(24)30-28(33)35)32-15-14-22(17-32)31(2)3/h5-8,11,16,19,21-22H,9-10,12-15,17H2,1-4H3,(H,29,34)(H,30,35)/t19-,21+,22-/m1/s1. The third kappa shape index (κ3) is 4.62. The van der Waals surface area contributed by atoms with Crippen LogP contribution in [-0.2, 0) is 4.79 Å². The Kier molecular flexibility index (Phi) is 6.79. The van der Waals surface area contributed by atoms with Crippen molar-refractivity contribution in [2.75, 3.05) is 44.5 Å². The third-order valence-electron chi connectivity index (χ3n) is 8.07. The van der Waals surface area contributed by atoms with Gasteiger partial charge >= 0.3 is 5.69 Å². The number of H-pyrrole nitrogens is 1. The number of amides is 1. The molecule has 1 aliphatic heterocycles. The van der Waals surface area contributed by atoms with Crippen molar-refractivity contribution in [2.45, 2.75) is 51.1 Å². The number of hydrogen-bond donors (Lipinski definition) is 2. The number of carbonyl (C=O) groups excluding carboxylic acids is 1. The average Bonchev–Trinajstić information content (AvgIpc) is 3.49. The summed E-state index contributed by atoms with van der Waals surface area (Å²) < 4.78 is 7.31. The minimum Gasteiger partial charge on any atom is -0.496 e. The second kappa shape index (κ2) is 10.0. The number of benzene rings is 2. The van der Waals surface area contributed by atoms with E-state index in [1.165, 1.54) is 0 Å². The highest BCUT2D eigenvalue weighted by atomic mass is 16.5. The lowest BCUT2D eigenvalue weighted by Gasteiger charge is -2.29. The topological polar surface area (TPSA) is 82.6 Å². The van der Waals surface area contributed by atoms with Gasteiger partial charge in [0.2, 0.25) is 5.91 Å². The molecule has 2 heterocycles. The van der Waals surface area contributed by atoms with Gasteiger partial charge in [-0.1, -0.05) is 12.1 Å². The number of ether oxygens (including phenoxy) is 1. The van der Waals surface area contributed by atoms with Gasteiger partial charge in [0.25, 0.3) is 0 Å². The minimum absolute atomic E-state index is 0.0393. The second-order valence-electron chi connectivity index (χ2n) is 10.5. The molecule has 1 amide bonds. The van der Waals surface area contributed by atoms with Crippen LogP contribution < -0.4 is 20.6 Å². The van der Waals surface area contributed by atoms with E-state index in [0.717, 1.165) is 78.9 Å². The number of hydrogen-bond acceptors (Lipinski definition) is 5. The van der Waals surface area contributed by atoms with E-state index in [0.29, 0.717) is 6.04 Å². The van der Waals surface area contributed by atoms with Crippen molar-refractivity contribution in [1.29, 1.82) is 0 Å². The van der Waals surface area contributed by atoms with E-state index >= 15 is 0 Å². The molecule has 1 aliphatic carbocycles. The van der Waals surface area contributed by atoms with Crippen LogP contribution in [0.15, 0.2) is 41.2 Å². The zero-order valence-corrected chi connectivity index (χ0v) is 21.7. The maximum absolute atomic E-state index is 13.1. The van der Waals surface area contributed by atoms with Gasteiger partial charge in [-0.2, -0.15) is 0 Å². The summed E-state index contributed by atoms with van der Waals surface area (Å²) in [4.78, 5) is 33.9. The van der Waals surface area contributed by atoms with Gasteiger partial charge in [-0.3, -0.25) is 9.36 Å². The van der Waals surface area contributed by atoms with Crippen LogP contribution in [0.5, 0.6) is 5.75 Å². The first kappa shape index (κ1) is 24.4. The maximum atomic E-state index is 13.1. The summed E-state index contributed by atoms with van der Waals surface area (Å²) in [5.74, 6) is 0.746. The van der Waals surface area contributed by atoms with Crippen molar-refractivity contribution in [1.82, 2.24) is 14.5 Å². The number of fused-ring (bicyclic) bond motifs is 1. The van der Waals surface area contributed by atoms with E-state index in [4.69, 9.17) is 4.74 Å². The summed E-state index contributed by atoms with van der Waals surface area (Å²) in [7, 11) is 5.89. The molecule has 36 heavy (non-hydrogen) atoms. The number of anilines is 2. The summed E-state index contributed by atoms with van der Waals surface area (Å²) >= 11 is 0. The summed E-state index contributed by atoms with van der Waals surface area (Å²) in [6, 6.07) is 12.6. The molecule has 8 nitrogen and oxygen atoms in total. The molecule has 2 aromatic carbocycles. The first-order valence-corrected chi connectivity index (χ1v) is 13.0. The first-order valence-electron chi connectivity index (χ1n) is 13.0. The molecule has 0 radical (unpaired) electrons. The zero-order chi connectivity index (χ0) is 25.4. The number of carbonyl (C=O) groups is 1. The Morgan fingerprint density at radius 1 is 1.11 bits per heavy atom. The number of nitrogens with zero attached hydrogens (tertiary/aromatic N) is 3. The minimum atomic E-state index is -0.0578. The van der Waals surface area contributed by atoms with Gasteiger partial charge in [0, 0.05) is 42.8 Å². The van der Waals surface area contributed by atoms with Crippen LogP contribution in [0.25, 0.3) is 11.0 Å². The number of rotatable bonds is 6. The van der Waals surface area contributed by atoms with E-state index < -0.39 is 0 Å². The highest BCUT2D eigenvalue weighted by Gasteiger charge is 2.30. The lowest BCUT2D eigenvalue weighted by Crippen LogP contribution is -2.31. The predicted molar refractivity (Wildman–Crippen MR) is 144 cm³/mol. The van der Waals surface area contributed by atoms with Gasteiger partial charge in [-0.05, 0) is 76.9 Å². The number of aromatic amines is 1. The summed E-state index contributed by atoms with van der Waals surface area (Å²) in [6.07, 6.45) is 4.25. The molecule has 8 heteroatoms. The van der Waals surface area contributed by atoms with Crippen LogP contribution in [0.1, 0.15) is 43.7 Å². The van der Waals surface area contributed by atoms with Gasteiger partial charge < -0.3 is 24.8 Å². The van der Waals surface area contributed by atoms with E-state index in [-0.39, 0.29) is 23.6 Å². The van der Waals surface area contributed by atoms with Gasteiger partial charge in [0.1, 0.15) is 5.75 Å². The summed E-state index contributed by atoms with van der Waals surface area (Å²) in [6.45, 7) is 3.93. The highest BCUT2D eigenvalue weighted by molar-refractivity contribution is 5.93. The number of imidazole rings is 1. The lowest BCUT2D eigenvalue weighted by molar-refractivity contribution is -0.121. The van der Waals surface area contributed by atoms with Crippen LogP contribution in [0, 0.1) is 12.8 Å². The molecule has 192 valence electrons. The Balaban J connectivity index is 1.29. The highest BCUT2D eigenvalue weighted by Crippen LogP contribution is 2.36. The fourth-order valence-electron chi connectivity index (χ4n) is 5.88. The number of nitrogens with one attached hydrogen (secondary N) is 2. The van der Waals surface area contributed by atoms with Crippen LogP contribution >= 0.6 is 0 Å². The van der Waals surface area contributed by atoms with Crippen molar-refractivity contribution in [3.63, 3.8) is 0 Å². The molecule has 0 bridgehead atoms. The van der Waals surface area contributed by atoms with E-state index in [1.54, 1.807) is 7.11 Å². The number of aryl methyl sites for hydroxylation is 1. The normalized spacial score (nSPS) is 22.4. The van der Waals surface area contributed by atoms with E-state index in [2.05, 4.69) is 46.3 Å². The molecule has 3 aromatic rings.